The summed E-state index contributed by atoms with van der Waals surface area (Å²) >= 11 is 0. The number of hydrogen-bond donors (Lipinski definition) is 0. The van der Waals surface area contributed by atoms with Crippen molar-refractivity contribution in [2.45, 2.75) is 38.3 Å². The smallest absolute Gasteiger partial charge is 0.337 e. The fraction of sp³-hybridized carbons (Fsp3) is 0.824. The Balaban J connectivity index is 2.12. The number of methoxy groups -OCH3 is 3. The number of carbonyl (C=O) groups excluding carboxylic acids is 3. The fourth-order valence-corrected chi connectivity index (χ4v) is 5.34. The van der Waals surface area contributed by atoms with Gasteiger partial charge in [-0.3, -0.25) is 19.3 Å². The van der Waals surface area contributed by atoms with Gasteiger partial charge < -0.3 is 14.2 Å². The first kappa shape index (κ1) is 19.1. The van der Waals surface area contributed by atoms with E-state index < -0.39 is 40.9 Å². The van der Waals surface area contributed by atoms with Gasteiger partial charge in [0.15, 0.2) is 11.5 Å². The SMILES string of the molecule is COC(=O)[C@@H]1C[C@@]23[C@@H](CON2O1)CC(C(=O)OC)(C(=O)OC)[C@@H]3C(C)C. The second kappa shape index (κ2) is 6.47. The van der Waals surface area contributed by atoms with Crippen LogP contribution >= 0.6 is 0 Å². The average Bonchev–Trinajstić information content (AvgIpc) is 3.24. The Morgan fingerprint density at radius 2 is 1.65 bits per heavy atom. The topological polar surface area (TPSA) is 101 Å². The molecule has 1 spiro atoms. The highest BCUT2D eigenvalue weighted by Crippen LogP contribution is 2.65. The molecule has 146 valence electrons. The molecule has 1 saturated carbocycles. The second-order valence-electron chi connectivity index (χ2n) is 7.44. The van der Waals surface area contributed by atoms with Crippen molar-refractivity contribution in [3.63, 3.8) is 0 Å². The van der Waals surface area contributed by atoms with E-state index in [1.807, 2.05) is 13.8 Å². The Kier molecular flexibility index (Phi) is 4.74. The number of hydroxylamine groups is 2. The molecule has 3 rings (SSSR count). The quantitative estimate of drug-likeness (QED) is 0.396. The van der Waals surface area contributed by atoms with Crippen molar-refractivity contribution in [1.29, 1.82) is 0 Å². The van der Waals surface area contributed by atoms with Gasteiger partial charge in [-0.1, -0.05) is 19.1 Å². The number of esters is 3. The minimum Gasteiger partial charge on any atom is -0.468 e. The third-order valence-electron chi connectivity index (χ3n) is 6.04. The van der Waals surface area contributed by atoms with E-state index in [-0.39, 0.29) is 31.3 Å². The minimum absolute atomic E-state index is 0.109. The molecule has 0 N–H and O–H groups in total. The fourth-order valence-electron chi connectivity index (χ4n) is 5.34. The van der Waals surface area contributed by atoms with Crippen LogP contribution in [-0.2, 0) is 38.3 Å². The Morgan fingerprint density at radius 3 is 2.15 bits per heavy atom. The van der Waals surface area contributed by atoms with Gasteiger partial charge in [0.2, 0.25) is 0 Å². The van der Waals surface area contributed by atoms with Crippen LogP contribution in [0.4, 0.5) is 0 Å². The molecule has 9 nitrogen and oxygen atoms in total. The van der Waals surface area contributed by atoms with E-state index >= 15 is 0 Å². The summed E-state index contributed by atoms with van der Waals surface area (Å²) in [5.74, 6) is -2.60. The van der Waals surface area contributed by atoms with Gasteiger partial charge in [0.25, 0.3) is 0 Å². The van der Waals surface area contributed by atoms with Crippen molar-refractivity contribution in [2.24, 2.45) is 23.2 Å². The molecular weight excluding hydrogens is 346 g/mol. The zero-order chi connectivity index (χ0) is 19.3. The van der Waals surface area contributed by atoms with Crippen LogP contribution in [0, 0.1) is 23.2 Å². The lowest BCUT2D eigenvalue weighted by Crippen LogP contribution is -2.55. The summed E-state index contributed by atoms with van der Waals surface area (Å²) in [5, 5.41) is 1.32. The Bertz CT molecular complexity index is 604. The highest BCUT2D eigenvalue weighted by atomic mass is 17.0. The molecule has 2 saturated heterocycles. The van der Waals surface area contributed by atoms with Gasteiger partial charge in [-0.25, -0.2) is 4.79 Å². The summed E-state index contributed by atoms with van der Waals surface area (Å²) in [6.45, 7) is 4.13. The largest absolute Gasteiger partial charge is 0.468 e. The van der Waals surface area contributed by atoms with Gasteiger partial charge in [0.05, 0.1) is 33.5 Å². The zero-order valence-corrected chi connectivity index (χ0v) is 15.6. The Morgan fingerprint density at radius 1 is 1.04 bits per heavy atom. The molecule has 0 unspecified atom stereocenters. The normalized spacial score (nSPS) is 35.1. The summed E-state index contributed by atoms with van der Waals surface area (Å²) in [6, 6.07) is 0. The van der Waals surface area contributed by atoms with Gasteiger partial charge in [-0.05, 0) is 12.3 Å². The molecular formula is C17H25NO8. The summed E-state index contributed by atoms with van der Waals surface area (Å²) in [6.07, 6.45) is -0.374. The van der Waals surface area contributed by atoms with Crippen LogP contribution < -0.4 is 0 Å². The number of rotatable bonds is 4. The third kappa shape index (κ3) is 2.23. The van der Waals surface area contributed by atoms with Crippen LogP contribution in [0.25, 0.3) is 0 Å². The van der Waals surface area contributed by atoms with Gasteiger partial charge in [0, 0.05) is 18.3 Å². The van der Waals surface area contributed by atoms with Crippen molar-refractivity contribution < 1.29 is 38.3 Å². The molecule has 0 bridgehead atoms. The maximum Gasteiger partial charge on any atom is 0.337 e. The standard InChI is InChI=1S/C17H25NO8/c1-9(2)12-16(14(20)23-4,15(21)24-5)6-10-8-25-18-17(10,12)7-11(26-18)13(19)22-3/h9-12H,6-8H2,1-5H3/t10-,11+,12+,17+/m1/s1. The molecule has 0 aromatic heterocycles. The van der Waals surface area contributed by atoms with Crippen LogP contribution in [0.2, 0.25) is 0 Å². The second-order valence-corrected chi connectivity index (χ2v) is 7.44. The monoisotopic (exact) mass is 371 g/mol. The Hall–Kier alpha value is -1.71. The summed E-state index contributed by atoms with van der Waals surface area (Å²) in [7, 11) is 3.80. The van der Waals surface area contributed by atoms with Gasteiger partial charge in [-0.15, -0.1) is 0 Å². The van der Waals surface area contributed by atoms with Gasteiger partial charge in [-0.2, -0.15) is 0 Å². The maximum absolute atomic E-state index is 12.8. The summed E-state index contributed by atoms with van der Waals surface area (Å²) in [4.78, 5) is 49.0. The van der Waals surface area contributed by atoms with Crippen LogP contribution in [-0.4, -0.2) is 62.7 Å². The first-order valence-corrected chi connectivity index (χ1v) is 8.64. The van der Waals surface area contributed by atoms with E-state index in [2.05, 4.69) is 0 Å². The number of nitrogens with zero attached hydrogens (tertiary/aromatic N) is 1. The molecule has 9 heteroatoms. The molecule has 1 aliphatic carbocycles. The van der Waals surface area contributed by atoms with Crippen molar-refractivity contribution in [1.82, 2.24) is 5.23 Å². The zero-order valence-electron chi connectivity index (χ0n) is 15.6. The predicted octanol–water partition coefficient (Wildman–Crippen LogP) is 0.474. The maximum atomic E-state index is 12.8. The lowest BCUT2D eigenvalue weighted by Gasteiger charge is -2.41. The first-order valence-electron chi connectivity index (χ1n) is 8.64. The number of carbonyl (C=O) groups is 3. The van der Waals surface area contributed by atoms with Crippen molar-refractivity contribution in [3.05, 3.63) is 0 Å². The van der Waals surface area contributed by atoms with E-state index in [1.54, 1.807) is 0 Å². The minimum atomic E-state index is -1.47. The van der Waals surface area contributed by atoms with Crippen molar-refractivity contribution >= 4 is 17.9 Å². The van der Waals surface area contributed by atoms with Crippen LogP contribution in [0.5, 0.6) is 0 Å². The molecule has 0 amide bonds. The van der Waals surface area contributed by atoms with Gasteiger partial charge in [0.1, 0.15) is 0 Å². The third-order valence-corrected chi connectivity index (χ3v) is 6.04. The van der Waals surface area contributed by atoms with Gasteiger partial charge >= 0.3 is 17.9 Å². The van der Waals surface area contributed by atoms with Crippen LogP contribution in [0.1, 0.15) is 26.7 Å². The molecule has 3 aliphatic rings. The van der Waals surface area contributed by atoms with Crippen molar-refractivity contribution in [3.8, 4) is 0 Å². The molecule has 0 radical (unpaired) electrons. The molecule has 3 fully saturated rings. The highest BCUT2D eigenvalue weighted by molar-refractivity contribution is 6.01. The summed E-state index contributed by atoms with van der Waals surface area (Å²) in [5.41, 5.74) is -2.28. The Labute approximate surface area is 151 Å². The average molecular weight is 371 g/mol. The molecule has 2 aliphatic heterocycles. The van der Waals surface area contributed by atoms with E-state index in [0.29, 0.717) is 0 Å². The number of hydrogen-bond acceptors (Lipinski definition) is 9. The highest BCUT2D eigenvalue weighted by Gasteiger charge is 2.77. The van der Waals surface area contributed by atoms with E-state index in [4.69, 9.17) is 23.9 Å². The van der Waals surface area contributed by atoms with Crippen LogP contribution in [0.3, 0.4) is 0 Å². The molecule has 4 atom stereocenters. The molecule has 0 aromatic rings. The number of ether oxygens (including phenoxy) is 3. The van der Waals surface area contributed by atoms with E-state index in [9.17, 15) is 14.4 Å². The molecule has 2 heterocycles. The van der Waals surface area contributed by atoms with Crippen LogP contribution in [0.15, 0.2) is 0 Å². The van der Waals surface area contributed by atoms with E-state index in [1.165, 1.54) is 26.6 Å². The lowest BCUT2D eigenvalue weighted by molar-refractivity contribution is -0.364. The first-order chi connectivity index (χ1) is 12.3. The van der Waals surface area contributed by atoms with Crippen molar-refractivity contribution in [2.75, 3.05) is 27.9 Å². The predicted molar refractivity (Wildman–Crippen MR) is 84.9 cm³/mol. The summed E-state index contributed by atoms with van der Waals surface area (Å²) < 4.78 is 14.8. The lowest BCUT2D eigenvalue weighted by atomic mass is 9.65. The van der Waals surface area contributed by atoms with E-state index in [0.717, 1.165) is 0 Å². The molecule has 0 aromatic carbocycles. The molecule has 26 heavy (non-hydrogen) atoms.